The number of halogens is 2. The summed E-state index contributed by atoms with van der Waals surface area (Å²) in [6.07, 6.45) is -1.21. The van der Waals surface area contributed by atoms with E-state index in [1.54, 1.807) is 0 Å². The van der Waals surface area contributed by atoms with Crippen LogP contribution in [0.25, 0.3) is 0 Å². The second-order valence-electron chi connectivity index (χ2n) is 4.51. The van der Waals surface area contributed by atoms with Crippen molar-refractivity contribution in [1.82, 2.24) is 0 Å². The van der Waals surface area contributed by atoms with E-state index in [1.807, 2.05) is 0 Å². The summed E-state index contributed by atoms with van der Waals surface area (Å²) in [5.41, 5.74) is 0. The number of alkyl halides is 2. The molecule has 1 aliphatic carbocycles. The Morgan fingerprint density at radius 2 is 1.71 bits per heavy atom. The van der Waals surface area contributed by atoms with Gasteiger partial charge in [-0.15, -0.1) is 11.6 Å². The number of carbonyl (C=O) groups is 3. The summed E-state index contributed by atoms with van der Waals surface area (Å²) >= 11 is 12.6. The lowest BCUT2D eigenvalue weighted by Gasteiger charge is -2.42. The van der Waals surface area contributed by atoms with Crippen LogP contribution in [0.15, 0.2) is 0 Å². The third-order valence-corrected chi connectivity index (χ3v) is 4.64. The summed E-state index contributed by atoms with van der Waals surface area (Å²) in [5, 5.41) is 0. The Balaban J connectivity index is 3.55. The van der Waals surface area contributed by atoms with Crippen LogP contribution in [-0.2, 0) is 33.3 Å². The van der Waals surface area contributed by atoms with Gasteiger partial charge in [-0.1, -0.05) is 11.6 Å². The van der Waals surface area contributed by atoms with Crippen molar-refractivity contribution >= 4 is 41.4 Å². The third-order valence-electron chi connectivity index (χ3n) is 3.50. The fourth-order valence-corrected chi connectivity index (χ4v) is 3.66. The van der Waals surface area contributed by atoms with Crippen molar-refractivity contribution in [3.63, 3.8) is 0 Å². The maximum atomic E-state index is 12.2. The fourth-order valence-electron chi connectivity index (χ4n) is 2.64. The lowest BCUT2D eigenvalue weighted by Crippen LogP contribution is -2.66. The van der Waals surface area contributed by atoms with Crippen LogP contribution in [0.3, 0.4) is 0 Å². The van der Waals surface area contributed by atoms with Gasteiger partial charge >= 0.3 is 11.9 Å². The zero-order valence-corrected chi connectivity index (χ0v) is 13.5. The van der Waals surface area contributed by atoms with Crippen molar-refractivity contribution in [2.45, 2.75) is 35.0 Å². The molecule has 0 amide bonds. The Bertz CT molecular complexity index is 451. The number of hydrogen-bond acceptors (Lipinski definition) is 7. The normalized spacial score (nSPS) is 34.3. The number of carbonyl (C=O) groups excluding carboxylic acids is 3. The van der Waals surface area contributed by atoms with Crippen LogP contribution in [0.5, 0.6) is 0 Å². The van der Waals surface area contributed by atoms with E-state index < -0.39 is 33.6 Å². The van der Waals surface area contributed by atoms with Crippen LogP contribution in [0.1, 0.15) is 13.3 Å². The Hall–Kier alpha value is -0.890. The second kappa shape index (κ2) is 6.08. The van der Waals surface area contributed by atoms with Gasteiger partial charge in [-0.2, -0.15) is 0 Å². The molecule has 0 aliphatic heterocycles. The smallest absolute Gasteiger partial charge is 0.336 e. The van der Waals surface area contributed by atoms with Crippen LogP contribution < -0.4 is 0 Å². The van der Waals surface area contributed by atoms with Gasteiger partial charge in [-0.3, -0.25) is 4.79 Å². The quantitative estimate of drug-likeness (QED) is 0.313. The highest BCUT2D eigenvalue weighted by Crippen LogP contribution is 2.56. The van der Waals surface area contributed by atoms with Gasteiger partial charge in [-0.25, -0.2) is 4.79 Å². The van der Waals surface area contributed by atoms with Crippen LogP contribution in [0, 0.1) is 0 Å². The van der Waals surface area contributed by atoms with Gasteiger partial charge in [0.15, 0.2) is 4.87 Å². The van der Waals surface area contributed by atoms with Gasteiger partial charge in [0.05, 0.1) is 7.11 Å². The van der Waals surface area contributed by atoms with E-state index in [4.69, 9.17) is 37.4 Å². The van der Waals surface area contributed by atoms with Gasteiger partial charge in [-0.05, 0) is 0 Å². The van der Waals surface area contributed by atoms with E-state index in [0.29, 0.717) is 6.29 Å². The van der Waals surface area contributed by atoms with E-state index in [9.17, 15) is 14.4 Å². The van der Waals surface area contributed by atoms with E-state index in [0.717, 1.165) is 14.0 Å². The van der Waals surface area contributed by atoms with Crippen molar-refractivity contribution in [2.75, 3.05) is 21.3 Å². The van der Waals surface area contributed by atoms with Gasteiger partial charge in [0.2, 0.25) is 10.7 Å². The molecule has 7 nitrogen and oxygen atoms in total. The van der Waals surface area contributed by atoms with Crippen LogP contribution >= 0.6 is 23.2 Å². The van der Waals surface area contributed by atoms with E-state index >= 15 is 0 Å². The standard InChI is InChI=1S/C12H16Cl2O7/c1-7(16)21-8-5-10(13,6-15)12(19-3,20-4)11(8,14)9(17)18-2/h6,8H,5H2,1-4H3/t8-,10+,11-/m1/s1. The SMILES string of the molecule is COC(=O)[C@]1(Cl)[C@H](OC(C)=O)C[C@](Cl)(C=O)C1(OC)OC. The maximum Gasteiger partial charge on any atom is 0.336 e. The summed E-state index contributed by atoms with van der Waals surface area (Å²) < 4.78 is 20.1. The first kappa shape index (κ1) is 18.2. The van der Waals surface area contributed by atoms with Crippen molar-refractivity contribution in [3.8, 4) is 0 Å². The Morgan fingerprint density at radius 3 is 2.05 bits per heavy atom. The third kappa shape index (κ3) is 2.32. The molecule has 0 spiro atoms. The average Bonchev–Trinajstić information content (AvgIpc) is 2.64. The van der Waals surface area contributed by atoms with Crippen molar-refractivity contribution in [1.29, 1.82) is 0 Å². The van der Waals surface area contributed by atoms with E-state index in [1.165, 1.54) is 14.2 Å². The lowest BCUT2D eigenvalue weighted by atomic mass is 9.94. The Morgan fingerprint density at radius 1 is 1.19 bits per heavy atom. The molecule has 0 heterocycles. The molecule has 120 valence electrons. The zero-order valence-electron chi connectivity index (χ0n) is 12.0. The molecule has 0 radical (unpaired) electrons. The summed E-state index contributed by atoms with van der Waals surface area (Å²) in [6.45, 7) is 1.13. The molecule has 0 saturated heterocycles. The van der Waals surface area contributed by atoms with Gasteiger partial charge < -0.3 is 23.7 Å². The van der Waals surface area contributed by atoms with E-state index in [2.05, 4.69) is 4.74 Å². The van der Waals surface area contributed by atoms with Gasteiger partial charge in [0.25, 0.3) is 0 Å². The number of methoxy groups -OCH3 is 3. The molecule has 1 fully saturated rings. The zero-order chi connectivity index (χ0) is 16.5. The fraction of sp³-hybridized carbons (Fsp3) is 0.750. The summed E-state index contributed by atoms with van der Waals surface area (Å²) in [6, 6.07) is 0. The van der Waals surface area contributed by atoms with Crippen LogP contribution in [0.2, 0.25) is 0 Å². The molecule has 1 saturated carbocycles. The minimum absolute atomic E-state index is 0.280. The number of hydrogen-bond donors (Lipinski definition) is 0. The van der Waals surface area contributed by atoms with Crippen LogP contribution in [0.4, 0.5) is 0 Å². The first-order valence-corrected chi connectivity index (χ1v) is 6.64. The lowest BCUT2D eigenvalue weighted by molar-refractivity contribution is -0.239. The predicted octanol–water partition coefficient (Wildman–Crippen LogP) is 0.638. The van der Waals surface area contributed by atoms with Gasteiger partial charge in [0.1, 0.15) is 12.4 Å². The Kier molecular flexibility index (Phi) is 5.26. The largest absolute Gasteiger partial charge is 0.467 e. The highest BCUT2D eigenvalue weighted by atomic mass is 35.5. The number of aldehydes is 1. The molecule has 21 heavy (non-hydrogen) atoms. The van der Waals surface area contributed by atoms with Crippen molar-refractivity contribution in [3.05, 3.63) is 0 Å². The number of ether oxygens (including phenoxy) is 4. The first-order chi connectivity index (χ1) is 9.69. The molecule has 0 aromatic heterocycles. The second-order valence-corrected chi connectivity index (χ2v) is 5.78. The molecule has 0 aromatic carbocycles. The summed E-state index contributed by atoms with van der Waals surface area (Å²) in [4.78, 5) is 30.9. The molecule has 1 aliphatic rings. The summed E-state index contributed by atoms with van der Waals surface area (Å²) in [5.74, 6) is -3.77. The average molecular weight is 343 g/mol. The molecule has 0 N–H and O–H groups in total. The van der Waals surface area contributed by atoms with Crippen molar-refractivity contribution < 1.29 is 33.3 Å². The van der Waals surface area contributed by atoms with Crippen LogP contribution in [-0.4, -0.2) is 61.2 Å². The van der Waals surface area contributed by atoms with Crippen molar-refractivity contribution in [2.24, 2.45) is 0 Å². The topological polar surface area (TPSA) is 88.1 Å². The monoisotopic (exact) mass is 342 g/mol. The molecular formula is C12H16Cl2O7. The molecule has 1 rings (SSSR count). The first-order valence-electron chi connectivity index (χ1n) is 5.89. The molecular weight excluding hydrogens is 327 g/mol. The molecule has 0 aromatic rings. The minimum atomic E-state index is -2.14. The molecule has 0 unspecified atom stereocenters. The van der Waals surface area contributed by atoms with Gasteiger partial charge in [0, 0.05) is 27.6 Å². The maximum absolute atomic E-state index is 12.2. The van der Waals surface area contributed by atoms with E-state index in [-0.39, 0.29) is 6.42 Å². The number of rotatable bonds is 5. The highest BCUT2D eigenvalue weighted by molar-refractivity contribution is 6.40. The molecule has 0 bridgehead atoms. The number of esters is 2. The minimum Gasteiger partial charge on any atom is -0.467 e. The highest BCUT2D eigenvalue weighted by Gasteiger charge is 2.79. The molecule has 9 heteroatoms. The summed E-state index contributed by atoms with van der Waals surface area (Å²) in [7, 11) is 3.42. The Labute approximate surface area is 131 Å². The molecule has 3 atom stereocenters. The predicted molar refractivity (Wildman–Crippen MR) is 72.2 cm³/mol.